The Morgan fingerprint density at radius 3 is 2.67 bits per heavy atom. The molecule has 0 aromatic heterocycles. The lowest BCUT2D eigenvalue weighted by Gasteiger charge is -2.26. The molecule has 2 rings (SSSR count). The summed E-state index contributed by atoms with van der Waals surface area (Å²) >= 11 is 1.92. The summed E-state index contributed by atoms with van der Waals surface area (Å²) in [5.74, 6) is 2.13. The molecule has 0 aliphatic carbocycles. The van der Waals surface area contributed by atoms with Gasteiger partial charge in [-0.25, -0.2) is 4.79 Å². The summed E-state index contributed by atoms with van der Waals surface area (Å²) in [7, 11) is 0. The van der Waals surface area contributed by atoms with E-state index in [1.165, 1.54) is 5.56 Å². The van der Waals surface area contributed by atoms with Gasteiger partial charge in [-0.15, -0.1) is 0 Å². The lowest BCUT2D eigenvalue weighted by molar-refractivity contribution is 0.203. The Labute approximate surface area is 113 Å². The fraction of sp³-hybridized carbons (Fsp3) is 0.500. The van der Waals surface area contributed by atoms with Gasteiger partial charge in [-0.1, -0.05) is 30.3 Å². The average molecular weight is 264 g/mol. The van der Waals surface area contributed by atoms with Crippen molar-refractivity contribution in [2.45, 2.75) is 12.8 Å². The van der Waals surface area contributed by atoms with Crippen LogP contribution in [0.1, 0.15) is 12.0 Å². The molecule has 1 aliphatic heterocycles. The number of nitrogens with one attached hydrogen (secondary N) is 1. The van der Waals surface area contributed by atoms with E-state index in [2.05, 4.69) is 29.6 Å². The number of aryl methyl sites for hydroxylation is 1. The minimum absolute atomic E-state index is 0.100. The van der Waals surface area contributed by atoms with Gasteiger partial charge in [0.2, 0.25) is 0 Å². The van der Waals surface area contributed by atoms with Gasteiger partial charge in [0, 0.05) is 31.1 Å². The van der Waals surface area contributed by atoms with Crippen LogP contribution < -0.4 is 5.32 Å². The molecular weight excluding hydrogens is 244 g/mol. The van der Waals surface area contributed by atoms with Gasteiger partial charge in [-0.3, -0.25) is 0 Å². The number of urea groups is 1. The van der Waals surface area contributed by atoms with Crippen molar-refractivity contribution >= 4 is 17.8 Å². The molecule has 0 bridgehead atoms. The van der Waals surface area contributed by atoms with E-state index in [0.717, 1.165) is 44.0 Å². The quantitative estimate of drug-likeness (QED) is 0.847. The van der Waals surface area contributed by atoms with E-state index in [9.17, 15) is 4.79 Å². The lowest BCUT2D eigenvalue weighted by atomic mass is 10.1. The third kappa shape index (κ3) is 4.26. The lowest BCUT2D eigenvalue weighted by Crippen LogP contribution is -2.44. The van der Waals surface area contributed by atoms with Crippen LogP contribution in [0.25, 0.3) is 0 Å². The van der Waals surface area contributed by atoms with Crippen LogP contribution in [0.4, 0.5) is 4.79 Å². The fourth-order valence-corrected chi connectivity index (χ4v) is 2.91. The summed E-state index contributed by atoms with van der Waals surface area (Å²) in [6.07, 6.45) is 2.02. The third-order valence-corrected chi connectivity index (χ3v) is 4.00. The molecule has 0 spiro atoms. The van der Waals surface area contributed by atoms with Crippen LogP contribution in [0, 0.1) is 0 Å². The van der Waals surface area contributed by atoms with Crippen molar-refractivity contribution in [3.63, 3.8) is 0 Å². The molecule has 1 saturated heterocycles. The monoisotopic (exact) mass is 264 g/mol. The molecule has 1 aromatic carbocycles. The molecule has 0 unspecified atom stereocenters. The Morgan fingerprint density at radius 2 is 1.94 bits per heavy atom. The normalized spacial score (nSPS) is 15.4. The highest BCUT2D eigenvalue weighted by atomic mass is 32.2. The number of carbonyl (C=O) groups is 1. The zero-order valence-corrected chi connectivity index (χ0v) is 11.4. The highest BCUT2D eigenvalue weighted by molar-refractivity contribution is 7.99. The van der Waals surface area contributed by atoms with Gasteiger partial charge in [0.1, 0.15) is 0 Å². The standard InChI is InChI=1S/C14H20N2OS/c17-14(16-9-11-18-12-10-16)15-8-4-7-13-5-2-1-3-6-13/h1-3,5-6H,4,7-12H2,(H,15,17). The van der Waals surface area contributed by atoms with Crippen LogP contribution in [-0.4, -0.2) is 42.1 Å². The Balaban J connectivity index is 1.61. The highest BCUT2D eigenvalue weighted by Gasteiger charge is 2.15. The Morgan fingerprint density at radius 1 is 1.22 bits per heavy atom. The first-order chi connectivity index (χ1) is 8.86. The number of hydrogen-bond acceptors (Lipinski definition) is 2. The molecule has 98 valence electrons. The molecule has 1 aromatic rings. The van der Waals surface area contributed by atoms with E-state index in [1.807, 2.05) is 22.7 Å². The van der Waals surface area contributed by atoms with Crippen LogP contribution in [-0.2, 0) is 6.42 Å². The van der Waals surface area contributed by atoms with E-state index in [-0.39, 0.29) is 6.03 Å². The molecule has 18 heavy (non-hydrogen) atoms. The molecule has 3 nitrogen and oxygen atoms in total. The number of nitrogens with zero attached hydrogens (tertiary/aromatic N) is 1. The number of benzene rings is 1. The van der Waals surface area contributed by atoms with Gasteiger partial charge < -0.3 is 10.2 Å². The summed E-state index contributed by atoms with van der Waals surface area (Å²) in [5, 5.41) is 3.00. The van der Waals surface area contributed by atoms with Crippen molar-refractivity contribution in [1.29, 1.82) is 0 Å². The first-order valence-electron chi connectivity index (χ1n) is 6.51. The van der Waals surface area contributed by atoms with Crippen LogP contribution >= 0.6 is 11.8 Å². The Bertz CT molecular complexity index is 363. The average Bonchev–Trinajstić information content (AvgIpc) is 2.45. The number of amides is 2. The minimum atomic E-state index is 0.100. The van der Waals surface area contributed by atoms with E-state index < -0.39 is 0 Å². The van der Waals surface area contributed by atoms with Crippen molar-refractivity contribution < 1.29 is 4.79 Å². The van der Waals surface area contributed by atoms with Gasteiger partial charge in [-0.2, -0.15) is 11.8 Å². The molecule has 1 heterocycles. The Kier molecular flexibility index (Phi) is 5.39. The SMILES string of the molecule is O=C(NCCCc1ccccc1)N1CCSCC1. The molecule has 1 fully saturated rings. The number of hydrogen-bond donors (Lipinski definition) is 1. The molecular formula is C14H20N2OS. The summed E-state index contributed by atoms with van der Waals surface area (Å²) in [6.45, 7) is 2.53. The smallest absolute Gasteiger partial charge is 0.317 e. The zero-order chi connectivity index (χ0) is 12.6. The summed E-state index contributed by atoms with van der Waals surface area (Å²) in [6, 6.07) is 10.5. The second-order valence-corrected chi connectivity index (χ2v) is 5.65. The molecule has 2 amide bonds. The zero-order valence-electron chi connectivity index (χ0n) is 10.6. The molecule has 0 radical (unpaired) electrons. The van der Waals surface area contributed by atoms with Crippen molar-refractivity contribution in [2.75, 3.05) is 31.1 Å². The topological polar surface area (TPSA) is 32.3 Å². The third-order valence-electron chi connectivity index (χ3n) is 3.06. The van der Waals surface area contributed by atoms with Gasteiger partial charge in [0.15, 0.2) is 0 Å². The second kappa shape index (κ2) is 7.31. The largest absolute Gasteiger partial charge is 0.338 e. The van der Waals surface area contributed by atoms with Crippen LogP contribution in [0.5, 0.6) is 0 Å². The van der Waals surface area contributed by atoms with Crippen molar-refractivity contribution in [1.82, 2.24) is 10.2 Å². The van der Waals surface area contributed by atoms with E-state index in [0.29, 0.717) is 0 Å². The summed E-state index contributed by atoms with van der Waals surface area (Å²) in [5.41, 5.74) is 1.33. The maximum Gasteiger partial charge on any atom is 0.317 e. The van der Waals surface area contributed by atoms with Gasteiger partial charge in [-0.05, 0) is 18.4 Å². The summed E-state index contributed by atoms with van der Waals surface area (Å²) in [4.78, 5) is 13.7. The van der Waals surface area contributed by atoms with Crippen LogP contribution in [0.3, 0.4) is 0 Å². The van der Waals surface area contributed by atoms with E-state index >= 15 is 0 Å². The highest BCUT2D eigenvalue weighted by Crippen LogP contribution is 2.08. The van der Waals surface area contributed by atoms with Crippen molar-refractivity contribution in [3.05, 3.63) is 35.9 Å². The first kappa shape index (κ1) is 13.3. The number of rotatable bonds is 4. The van der Waals surface area contributed by atoms with Crippen molar-refractivity contribution in [2.24, 2.45) is 0 Å². The molecule has 4 heteroatoms. The van der Waals surface area contributed by atoms with Gasteiger partial charge in [0.25, 0.3) is 0 Å². The molecule has 0 saturated carbocycles. The minimum Gasteiger partial charge on any atom is -0.338 e. The maximum atomic E-state index is 11.8. The van der Waals surface area contributed by atoms with Gasteiger partial charge >= 0.3 is 6.03 Å². The first-order valence-corrected chi connectivity index (χ1v) is 7.66. The number of thioether (sulfide) groups is 1. The fourth-order valence-electron chi connectivity index (χ4n) is 2.01. The molecule has 1 N–H and O–H groups in total. The van der Waals surface area contributed by atoms with Crippen LogP contribution in [0.2, 0.25) is 0 Å². The summed E-state index contributed by atoms with van der Waals surface area (Å²) < 4.78 is 0. The van der Waals surface area contributed by atoms with Crippen LogP contribution in [0.15, 0.2) is 30.3 Å². The van der Waals surface area contributed by atoms with Crippen molar-refractivity contribution in [3.8, 4) is 0 Å². The maximum absolute atomic E-state index is 11.8. The number of carbonyl (C=O) groups excluding carboxylic acids is 1. The van der Waals surface area contributed by atoms with E-state index in [1.54, 1.807) is 0 Å². The van der Waals surface area contributed by atoms with Gasteiger partial charge in [0.05, 0.1) is 0 Å². The predicted molar refractivity (Wildman–Crippen MR) is 77.1 cm³/mol. The molecule has 0 atom stereocenters. The van der Waals surface area contributed by atoms with E-state index in [4.69, 9.17) is 0 Å². The molecule has 1 aliphatic rings. The predicted octanol–water partition coefficient (Wildman–Crippen LogP) is 2.38. The Hall–Kier alpha value is -1.16. The second-order valence-electron chi connectivity index (χ2n) is 4.42.